The number of nitrogens with one attached hydrogen (secondary N) is 2. The molecule has 1 aliphatic carbocycles. The van der Waals surface area contributed by atoms with Crippen molar-refractivity contribution in [2.75, 3.05) is 12.3 Å². The summed E-state index contributed by atoms with van der Waals surface area (Å²) in [6.07, 6.45) is 4.04. The molecule has 1 aliphatic rings. The molecular formula is C37H39FN4O2. The summed E-state index contributed by atoms with van der Waals surface area (Å²) in [7, 11) is 0. The average molecular weight is 591 g/mol. The Morgan fingerprint density at radius 1 is 1.02 bits per heavy atom. The van der Waals surface area contributed by atoms with Gasteiger partial charge in [0, 0.05) is 35.9 Å². The normalized spacial score (nSPS) is 13.5. The minimum absolute atomic E-state index is 0.0120. The monoisotopic (exact) mass is 590 g/mol. The Kier molecular flexibility index (Phi) is 9.01. The Labute approximate surface area is 258 Å². The summed E-state index contributed by atoms with van der Waals surface area (Å²) in [4.78, 5) is 29.7. The van der Waals surface area contributed by atoms with Crippen LogP contribution >= 0.6 is 0 Å². The zero-order valence-electron chi connectivity index (χ0n) is 25.6. The molecule has 2 amide bonds. The first kappa shape index (κ1) is 30.7. The predicted octanol–water partition coefficient (Wildman–Crippen LogP) is 6.81. The summed E-state index contributed by atoms with van der Waals surface area (Å²) in [6.45, 7) is 7.13. The van der Waals surface area contributed by atoms with Crippen molar-refractivity contribution in [3.8, 4) is 23.0 Å². The van der Waals surface area contributed by atoms with Crippen molar-refractivity contribution in [3.63, 3.8) is 0 Å². The molecule has 0 aliphatic heterocycles. The van der Waals surface area contributed by atoms with Gasteiger partial charge in [0.05, 0.1) is 11.1 Å². The number of pyridine rings is 1. The first-order valence-electron chi connectivity index (χ1n) is 15.1. The van der Waals surface area contributed by atoms with Gasteiger partial charge in [-0.3, -0.25) is 9.59 Å². The maximum absolute atomic E-state index is 13.2. The van der Waals surface area contributed by atoms with Crippen LogP contribution in [0.15, 0.2) is 72.8 Å². The Hall–Kier alpha value is -4.70. The fourth-order valence-electron chi connectivity index (χ4n) is 5.08. The summed E-state index contributed by atoms with van der Waals surface area (Å²) in [5, 5.41) is 7.04. The van der Waals surface area contributed by atoms with Crippen LogP contribution in [-0.4, -0.2) is 28.9 Å². The van der Waals surface area contributed by atoms with Gasteiger partial charge in [-0.1, -0.05) is 56.9 Å². The molecule has 0 unspecified atom stereocenters. The number of benzene rings is 3. The number of rotatable bonds is 9. The van der Waals surface area contributed by atoms with Gasteiger partial charge in [0.2, 0.25) is 5.91 Å². The number of hydrogen-bond acceptors (Lipinski definition) is 4. The number of aryl methyl sites for hydroxylation is 1. The number of halogens is 1. The first-order valence-corrected chi connectivity index (χ1v) is 15.1. The lowest BCUT2D eigenvalue weighted by Gasteiger charge is -2.18. The smallest absolute Gasteiger partial charge is 0.251 e. The third-order valence-electron chi connectivity index (χ3n) is 7.97. The van der Waals surface area contributed by atoms with Crippen molar-refractivity contribution < 1.29 is 14.0 Å². The third kappa shape index (κ3) is 8.02. The zero-order valence-corrected chi connectivity index (χ0v) is 25.6. The topological polar surface area (TPSA) is 97.1 Å². The van der Waals surface area contributed by atoms with E-state index in [9.17, 15) is 14.0 Å². The molecule has 4 N–H and O–H groups in total. The predicted molar refractivity (Wildman–Crippen MR) is 174 cm³/mol. The largest absolute Gasteiger partial charge is 0.383 e. The van der Waals surface area contributed by atoms with Gasteiger partial charge in [-0.25, -0.2) is 9.37 Å². The molecule has 0 atom stereocenters. The molecule has 0 saturated heterocycles. The zero-order chi connectivity index (χ0) is 31.3. The Bertz CT molecular complexity index is 1740. The fraction of sp³-hybridized carbons (Fsp3) is 0.324. The number of amides is 2. The lowest BCUT2D eigenvalue weighted by atomic mass is 9.92. The number of nitrogens with two attached hydrogens (primary N) is 1. The summed E-state index contributed by atoms with van der Waals surface area (Å²) >= 11 is 0. The summed E-state index contributed by atoms with van der Waals surface area (Å²) in [6, 6.07) is 21.6. The average Bonchev–Trinajstić information content (AvgIpc) is 3.74. The quantitative estimate of drug-likeness (QED) is 0.187. The molecule has 44 heavy (non-hydrogen) atoms. The summed E-state index contributed by atoms with van der Waals surface area (Å²) in [5.74, 6) is 6.49. The lowest BCUT2D eigenvalue weighted by Crippen LogP contribution is -2.36. The van der Waals surface area contributed by atoms with E-state index in [0.717, 1.165) is 52.4 Å². The van der Waals surface area contributed by atoms with Gasteiger partial charge in [-0.05, 0) is 96.3 Å². The second kappa shape index (κ2) is 12.9. The maximum Gasteiger partial charge on any atom is 0.251 e. The molecule has 1 fully saturated rings. The summed E-state index contributed by atoms with van der Waals surface area (Å²) in [5.41, 5.74) is 11.1. The molecule has 3 aromatic carbocycles. The van der Waals surface area contributed by atoms with Crippen molar-refractivity contribution in [2.45, 2.75) is 64.8 Å². The van der Waals surface area contributed by atoms with E-state index >= 15 is 0 Å². The standard InChI is InChI=1S/C37H39FN4O2/c1-36(2,3)21-22-40-33(43)17-13-28-24-29-23-27(12-16-32(29)41-34(28)39)31-9-5-4-7-25(31)8-6-18-37(19-20-37)42-35(44)26-10-14-30(38)15-11-26/h4-5,7,9-12,14-16,23-24H,13,17-22H2,1-3H3,(H2,39,41)(H,40,43)(H,42,44). The second-order valence-corrected chi connectivity index (χ2v) is 12.9. The summed E-state index contributed by atoms with van der Waals surface area (Å²) < 4.78 is 13.2. The van der Waals surface area contributed by atoms with Crippen LogP contribution in [-0.2, 0) is 11.2 Å². The molecule has 7 heteroatoms. The highest BCUT2D eigenvalue weighted by atomic mass is 19.1. The van der Waals surface area contributed by atoms with Crippen LogP contribution in [0.4, 0.5) is 10.2 Å². The lowest BCUT2D eigenvalue weighted by molar-refractivity contribution is -0.121. The number of hydrogen-bond donors (Lipinski definition) is 3. The highest BCUT2D eigenvalue weighted by molar-refractivity contribution is 5.95. The van der Waals surface area contributed by atoms with Crippen LogP contribution in [0, 0.1) is 23.1 Å². The number of nitrogen functional groups attached to an aromatic ring is 1. The van der Waals surface area contributed by atoms with E-state index in [1.807, 2.05) is 42.5 Å². The van der Waals surface area contributed by atoms with E-state index in [1.165, 1.54) is 24.3 Å². The molecule has 226 valence electrons. The van der Waals surface area contributed by atoms with E-state index in [-0.39, 0.29) is 28.6 Å². The number of anilines is 1. The van der Waals surface area contributed by atoms with E-state index in [0.29, 0.717) is 37.2 Å². The Morgan fingerprint density at radius 2 is 1.77 bits per heavy atom. The molecule has 0 bridgehead atoms. The van der Waals surface area contributed by atoms with Crippen molar-refractivity contribution in [1.29, 1.82) is 0 Å². The van der Waals surface area contributed by atoms with E-state index in [2.05, 4.69) is 54.3 Å². The van der Waals surface area contributed by atoms with Crippen LogP contribution in [0.2, 0.25) is 0 Å². The molecule has 1 saturated carbocycles. The molecule has 1 aromatic heterocycles. The number of aromatic nitrogens is 1. The fourth-order valence-corrected chi connectivity index (χ4v) is 5.08. The number of fused-ring (bicyclic) bond motifs is 1. The third-order valence-corrected chi connectivity index (χ3v) is 7.97. The van der Waals surface area contributed by atoms with Crippen LogP contribution < -0.4 is 16.4 Å². The van der Waals surface area contributed by atoms with Crippen LogP contribution in [0.3, 0.4) is 0 Å². The molecule has 4 aromatic rings. The minimum Gasteiger partial charge on any atom is -0.383 e. The van der Waals surface area contributed by atoms with Crippen LogP contribution in [0.25, 0.3) is 22.0 Å². The first-order chi connectivity index (χ1) is 21.0. The van der Waals surface area contributed by atoms with Crippen molar-refractivity contribution in [1.82, 2.24) is 15.6 Å². The van der Waals surface area contributed by atoms with Gasteiger partial charge in [0.25, 0.3) is 5.91 Å². The molecular weight excluding hydrogens is 551 g/mol. The minimum atomic E-state index is -0.369. The van der Waals surface area contributed by atoms with Crippen molar-refractivity contribution >= 4 is 28.5 Å². The second-order valence-electron chi connectivity index (χ2n) is 12.9. The maximum atomic E-state index is 13.2. The Balaban J connectivity index is 1.28. The van der Waals surface area contributed by atoms with Gasteiger partial charge >= 0.3 is 0 Å². The van der Waals surface area contributed by atoms with Gasteiger partial charge in [-0.2, -0.15) is 0 Å². The molecule has 0 spiro atoms. The van der Waals surface area contributed by atoms with E-state index in [4.69, 9.17) is 5.73 Å². The van der Waals surface area contributed by atoms with Crippen molar-refractivity contribution in [2.24, 2.45) is 5.41 Å². The van der Waals surface area contributed by atoms with E-state index < -0.39 is 0 Å². The molecule has 6 nitrogen and oxygen atoms in total. The van der Waals surface area contributed by atoms with Gasteiger partial charge in [-0.15, -0.1) is 0 Å². The van der Waals surface area contributed by atoms with Gasteiger partial charge in [0.1, 0.15) is 11.6 Å². The number of carbonyl (C=O) groups excluding carboxylic acids is 2. The van der Waals surface area contributed by atoms with Gasteiger partial charge in [0.15, 0.2) is 0 Å². The Morgan fingerprint density at radius 3 is 2.50 bits per heavy atom. The molecule has 0 radical (unpaired) electrons. The van der Waals surface area contributed by atoms with Crippen LogP contribution in [0.1, 0.15) is 74.4 Å². The number of nitrogens with zero attached hydrogens (tertiary/aromatic N) is 1. The highest BCUT2D eigenvalue weighted by Gasteiger charge is 2.43. The number of carbonyl (C=O) groups is 2. The van der Waals surface area contributed by atoms with Crippen LogP contribution in [0.5, 0.6) is 0 Å². The van der Waals surface area contributed by atoms with Gasteiger partial charge < -0.3 is 16.4 Å². The molecule has 5 rings (SSSR count). The highest BCUT2D eigenvalue weighted by Crippen LogP contribution is 2.39. The van der Waals surface area contributed by atoms with E-state index in [1.54, 1.807) is 0 Å². The molecule has 1 heterocycles. The SMILES string of the molecule is CC(C)(C)CCNC(=O)CCc1cc2cc(-c3ccccc3C#CCC3(NC(=O)c4ccc(F)cc4)CC3)ccc2nc1N. The van der Waals surface area contributed by atoms with Crippen molar-refractivity contribution in [3.05, 3.63) is 95.3 Å².